The third-order valence-corrected chi connectivity index (χ3v) is 3.08. The van der Waals surface area contributed by atoms with E-state index >= 15 is 0 Å². The van der Waals surface area contributed by atoms with E-state index < -0.39 is 18.5 Å². The fraction of sp³-hybridized carbons (Fsp3) is 0.312. The molecule has 1 heterocycles. The van der Waals surface area contributed by atoms with Crippen LogP contribution in [0.1, 0.15) is 12.1 Å². The van der Waals surface area contributed by atoms with Gasteiger partial charge in [0.05, 0.1) is 0 Å². The summed E-state index contributed by atoms with van der Waals surface area (Å²) < 4.78 is 36.4. The normalized spacial score (nSPS) is 11.1. The molecule has 0 saturated heterocycles. The summed E-state index contributed by atoms with van der Waals surface area (Å²) >= 11 is 0. The third kappa shape index (κ3) is 5.94. The summed E-state index contributed by atoms with van der Waals surface area (Å²) in [6.07, 6.45) is -6.05. The van der Waals surface area contributed by atoms with Gasteiger partial charge in [-0.2, -0.15) is 18.2 Å². The van der Waals surface area contributed by atoms with Crippen LogP contribution in [0, 0.1) is 6.92 Å². The minimum absolute atomic E-state index is 0.277. The van der Waals surface area contributed by atoms with Gasteiger partial charge in [-0.25, -0.2) is 4.98 Å². The molecule has 0 spiro atoms. The van der Waals surface area contributed by atoms with E-state index in [1.807, 2.05) is 32.0 Å². The Labute approximate surface area is 143 Å². The Morgan fingerprint density at radius 3 is 2.28 bits per heavy atom. The molecule has 0 bridgehead atoms. The molecule has 0 aliphatic carbocycles. The van der Waals surface area contributed by atoms with Crippen molar-refractivity contribution in [2.24, 2.45) is 0 Å². The minimum atomic E-state index is -4.53. The second kappa shape index (κ2) is 7.37. The number of aryl methyl sites for hydroxylation is 1. The van der Waals surface area contributed by atoms with Gasteiger partial charge < -0.3 is 15.5 Å². The molecule has 9 heteroatoms. The number of anilines is 4. The molecule has 0 unspecified atom stereocenters. The molecule has 0 saturated carbocycles. The van der Waals surface area contributed by atoms with E-state index in [2.05, 4.69) is 20.6 Å². The van der Waals surface area contributed by atoms with Gasteiger partial charge in [-0.05, 0) is 31.2 Å². The molecule has 134 valence electrons. The average Bonchev–Trinajstić information content (AvgIpc) is 2.46. The molecule has 0 atom stereocenters. The summed E-state index contributed by atoms with van der Waals surface area (Å²) in [7, 11) is 3.73. The van der Waals surface area contributed by atoms with Gasteiger partial charge >= 0.3 is 6.18 Å². The first-order chi connectivity index (χ1) is 11.6. The molecule has 0 aliphatic rings. The second-order valence-corrected chi connectivity index (χ2v) is 5.63. The van der Waals surface area contributed by atoms with Gasteiger partial charge in [-0.1, -0.05) is 0 Å². The van der Waals surface area contributed by atoms with E-state index in [0.717, 1.165) is 11.5 Å². The van der Waals surface area contributed by atoms with E-state index in [9.17, 15) is 18.0 Å². The number of nitrogens with one attached hydrogen (secondary N) is 2. The summed E-state index contributed by atoms with van der Waals surface area (Å²) in [5.41, 5.74) is 1.71. The fourth-order valence-electron chi connectivity index (χ4n) is 1.99. The monoisotopic (exact) mass is 353 g/mol. The number of amides is 1. The van der Waals surface area contributed by atoms with Gasteiger partial charge in [0.1, 0.15) is 12.2 Å². The van der Waals surface area contributed by atoms with Gasteiger partial charge in [-0.15, -0.1) is 0 Å². The lowest BCUT2D eigenvalue weighted by molar-refractivity contribution is -0.150. The summed E-state index contributed by atoms with van der Waals surface area (Å²) in [6, 6.07) is 8.07. The standard InChI is InChI=1S/C16H18F3N5O/c1-10-8-13(24(2)3)23-15(20-10)22-12-6-4-11(5-7-12)21-14(25)9-16(17,18)19/h4-8H,9H2,1-3H3,(H,21,25)(H,20,22,23). The SMILES string of the molecule is Cc1cc(N(C)C)nc(Nc2ccc(NC(=O)CC(F)(F)F)cc2)n1. The highest BCUT2D eigenvalue weighted by molar-refractivity contribution is 5.91. The smallest absolute Gasteiger partial charge is 0.363 e. The van der Waals surface area contributed by atoms with Crippen LogP contribution in [0.25, 0.3) is 0 Å². The maximum absolute atomic E-state index is 12.1. The van der Waals surface area contributed by atoms with Crippen molar-refractivity contribution in [1.82, 2.24) is 9.97 Å². The summed E-state index contributed by atoms with van der Waals surface area (Å²) in [6.45, 7) is 1.85. The molecular formula is C16H18F3N5O. The number of aromatic nitrogens is 2. The van der Waals surface area contributed by atoms with E-state index in [0.29, 0.717) is 11.6 Å². The number of hydrogen-bond acceptors (Lipinski definition) is 5. The van der Waals surface area contributed by atoms with E-state index in [4.69, 9.17) is 0 Å². The van der Waals surface area contributed by atoms with Crippen LogP contribution in [0.4, 0.5) is 36.3 Å². The van der Waals surface area contributed by atoms with Crippen LogP contribution in [-0.2, 0) is 4.79 Å². The molecule has 0 radical (unpaired) electrons. The number of carbonyl (C=O) groups excluding carboxylic acids is 1. The highest BCUT2D eigenvalue weighted by Gasteiger charge is 2.31. The topological polar surface area (TPSA) is 70.2 Å². The van der Waals surface area contributed by atoms with Crippen molar-refractivity contribution in [2.45, 2.75) is 19.5 Å². The van der Waals surface area contributed by atoms with Crippen LogP contribution in [0.5, 0.6) is 0 Å². The number of hydrogen-bond donors (Lipinski definition) is 2. The molecule has 1 aromatic heterocycles. The van der Waals surface area contributed by atoms with Gasteiger partial charge in [-0.3, -0.25) is 4.79 Å². The van der Waals surface area contributed by atoms with Gasteiger partial charge in [0.2, 0.25) is 11.9 Å². The highest BCUT2D eigenvalue weighted by Crippen LogP contribution is 2.22. The van der Waals surface area contributed by atoms with Crippen molar-refractivity contribution in [1.29, 1.82) is 0 Å². The number of carbonyl (C=O) groups is 1. The van der Waals surface area contributed by atoms with Crippen molar-refractivity contribution >= 4 is 29.0 Å². The summed E-state index contributed by atoms with van der Waals surface area (Å²) in [5.74, 6) is 0.0365. The van der Waals surface area contributed by atoms with E-state index in [1.165, 1.54) is 12.1 Å². The number of rotatable bonds is 5. The molecule has 25 heavy (non-hydrogen) atoms. The maximum atomic E-state index is 12.1. The summed E-state index contributed by atoms with van der Waals surface area (Å²) in [5, 5.41) is 5.22. The quantitative estimate of drug-likeness (QED) is 0.861. The molecule has 2 aromatic rings. The Hall–Kier alpha value is -2.84. The Morgan fingerprint density at radius 2 is 1.72 bits per heavy atom. The first kappa shape index (κ1) is 18.5. The molecule has 6 nitrogen and oxygen atoms in total. The van der Waals surface area contributed by atoms with Crippen molar-refractivity contribution in [3.05, 3.63) is 36.0 Å². The molecule has 0 aliphatic heterocycles. The molecule has 2 N–H and O–H groups in total. The first-order valence-corrected chi connectivity index (χ1v) is 7.39. The van der Waals surface area contributed by atoms with Crippen LogP contribution in [0.3, 0.4) is 0 Å². The third-order valence-electron chi connectivity index (χ3n) is 3.08. The van der Waals surface area contributed by atoms with Crippen molar-refractivity contribution < 1.29 is 18.0 Å². The van der Waals surface area contributed by atoms with Crippen molar-refractivity contribution in [3.8, 4) is 0 Å². The molecule has 1 amide bonds. The lowest BCUT2D eigenvalue weighted by Crippen LogP contribution is -2.21. The van der Waals surface area contributed by atoms with Crippen LogP contribution < -0.4 is 15.5 Å². The van der Waals surface area contributed by atoms with Crippen LogP contribution in [0.15, 0.2) is 30.3 Å². The number of nitrogens with zero attached hydrogens (tertiary/aromatic N) is 3. The lowest BCUT2D eigenvalue weighted by Gasteiger charge is -2.14. The predicted molar refractivity (Wildman–Crippen MR) is 90.1 cm³/mol. The fourth-order valence-corrected chi connectivity index (χ4v) is 1.99. The Bertz CT molecular complexity index is 744. The Kier molecular flexibility index (Phi) is 5.45. The highest BCUT2D eigenvalue weighted by atomic mass is 19.4. The van der Waals surface area contributed by atoms with E-state index in [-0.39, 0.29) is 5.69 Å². The first-order valence-electron chi connectivity index (χ1n) is 7.39. The van der Waals surface area contributed by atoms with Gasteiger partial charge in [0.25, 0.3) is 0 Å². The van der Waals surface area contributed by atoms with Gasteiger partial charge in [0, 0.05) is 37.2 Å². The predicted octanol–water partition coefficient (Wildman–Crippen LogP) is 3.49. The zero-order chi connectivity index (χ0) is 18.6. The zero-order valence-electron chi connectivity index (χ0n) is 14.0. The van der Waals surface area contributed by atoms with Crippen LogP contribution in [0.2, 0.25) is 0 Å². The number of alkyl halides is 3. The Balaban J connectivity index is 2.04. The van der Waals surface area contributed by atoms with Crippen molar-refractivity contribution in [3.63, 3.8) is 0 Å². The number of benzene rings is 1. The average molecular weight is 353 g/mol. The largest absolute Gasteiger partial charge is 0.397 e. The molecular weight excluding hydrogens is 335 g/mol. The Morgan fingerprint density at radius 1 is 1.12 bits per heavy atom. The zero-order valence-corrected chi connectivity index (χ0v) is 14.0. The minimum Gasteiger partial charge on any atom is -0.363 e. The van der Waals surface area contributed by atoms with Gasteiger partial charge in [0.15, 0.2) is 0 Å². The van der Waals surface area contributed by atoms with Crippen molar-refractivity contribution in [2.75, 3.05) is 29.6 Å². The van der Waals surface area contributed by atoms with E-state index in [1.54, 1.807) is 12.1 Å². The molecule has 1 aromatic carbocycles. The maximum Gasteiger partial charge on any atom is 0.397 e. The molecule has 0 fully saturated rings. The summed E-state index contributed by atoms with van der Waals surface area (Å²) in [4.78, 5) is 21.7. The molecule has 2 rings (SSSR count). The van der Waals surface area contributed by atoms with Crippen LogP contribution >= 0.6 is 0 Å². The second-order valence-electron chi connectivity index (χ2n) is 5.63. The lowest BCUT2D eigenvalue weighted by atomic mass is 10.2. The van der Waals surface area contributed by atoms with Crippen LogP contribution in [-0.4, -0.2) is 36.1 Å². The number of halogens is 3.